The van der Waals surface area contributed by atoms with Gasteiger partial charge in [-0.25, -0.2) is 0 Å². The fraction of sp³-hybridized carbons (Fsp3) is 0.737. The molecule has 0 saturated carbocycles. The Morgan fingerprint density at radius 3 is 2.71 bits per heavy atom. The van der Waals surface area contributed by atoms with E-state index in [-0.39, 0.29) is 11.8 Å². The zero-order valence-corrected chi connectivity index (χ0v) is 15.2. The van der Waals surface area contributed by atoms with Gasteiger partial charge < -0.3 is 14.8 Å². The first-order chi connectivity index (χ1) is 11.6. The Kier molecular flexibility index (Phi) is 5.95. The van der Waals surface area contributed by atoms with E-state index in [1.165, 1.54) is 38.2 Å². The lowest BCUT2D eigenvalue weighted by atomic mass is 9.93. The summed E-state index contributed by atoms with van der Waals surface area (Å²) < 4.78 is 2.12. The van der Waals surface area contributed by atoms with Crippen molar-refractivity contribution < 1.29 is 4.79 Å². The molecule has 1 unspecified atom stereocenters. The number of nitrogens with one attached hydrogen (secondary N) is 1. The minimum Gasteiger partial charge on any atom is -0.355 e. The molecule has 1 aromatic rings. The van der Waals surface area contributed by atoms with Crippen molar-refractivity contribution in [3.63, 3.8) is 0 Å². The van der Waals surface area contributed by atoms with E-state index < -0.39 is 0 Å². The molecule has 3 heterocycles. The third-order valence-corrected chi connectivity index (χ3v) is 5.76. The number of likely N-dealkylation sites (tertiary alicyclic amines) is 2. The van der Waals surface area contributed by atoms with Crippen LogP contribution in [0.2, 0.25) is 0 Å². The van der Waals surface area contributed by atoms with E-state index in [0.29, 0.717) is 6.04 Å². The van der Waals surface area contributed by atoms with Gasteiger partial charge in [0.1, 0.15) is 0 Å². The fourth-order valence-corrected chi connectivity index (χ4v) is 4.13. The van der Waals surface area contributed by atoms with Gasteiger partial charge in [-0.15, -0.1) is 0 Å². The Balaban J connectivity index is 1.44. The summed E-state index contributed by atoms with van der Waals surface area (Å²) in [6.07, 6.45) is 7.65. The van der Waals surface area contributed by atoms with Crippen LogP contribution in [0, 0.1) is 5.92 Å². The van der Waals surface area contributed by atoms with Crippen molar-refractivity contribution >= 4 is 5.91 Å². The molecule has 5 nitrogen and oxygen atoms in total. The number of aromatic nitrogens is 1. The number of aryl methyl sites for hydroxylation is 1. The summed E-state index contributed by atoms with van der Waals surface area (Å²) in [6, 6.07) is 4.85. The molecule has 0 aliphatic carbocycles. The lowest BCUT2D eigenvalue weighted by Gasteiger charge is -2.41. The van der Waals surface area contributed by atoms with Crippen LogP contribution in [-0.4, -0.2) is 66.1 Å². The number of amides is 1. The van der Waals surface area contributed by atoms with E-state index in [0.717, 1.165) is 32.4 Å². The number of carbonyl (C=O) groups is 1. The second-order valence-corrected chi connectivity index (χ2v) is 7.52. The first kappa shape index (κ1) is 17.5. The van der Waals surface area contributed by atoms with Crippen LogP contribution < -0.4 is 5.32 Å². The van der Waals surface area contributed by atoms with Crippen LogP contribution in [0.15, 0.2) is 18.3 Å². The Morgan fingerprint density at radius 1 is 1.21 bits per heavy atom. The molecule has 2 aliphatic heterocycles. The summed E-state index contributed by atoms with van der Waals surface area (Å²) in [6.45, 7) is 5.23. The van der Waals surface area contributed by atoms with Crippen LogP contribution in [0.1, 0.15) is 31.4 Å². The maximum Gasteiger partial charge on any atom is 0.224 e. The lowest BCUT2D eigenvalue weighted by molar-refractivity contribution is -0.127. The minimum absolute atomic E-state index is 0.173. The number of rotatable bonds is 5. The zero-order chi connectivity index (χ0) is 16.9. The molecule has 0 aromatic carbocycles. The van der Waals surface area contributed by atoms with Gasteiger partial charge in [-0.05, 0) is 64.5 Å². The lowest BCUT2D eigenvalue weighted by Crippen LogP contribution is -2.50. The van der Waals surface area contributed by atoms with Crippen LogP contribution in [0.25, 0.3) is 0 Å². The van der Waals surface area contributed by atoms with E-state index in [1.54, 1.807) is 0 Å². The van der Waals surface area contributed by atoms with Gasteiger partial charge in [0.2, 0.25) is 5.91 Å². The molecule has 0 spiro atoms. The minimum atomic E-state index is 0.173. The summed E-state index contributed by atoms with van der Waals surface area (Å²) in [5.74, 6) is 0.425. The third kappa shape index (κ3) is 4.39. The van der Waals surface area contributed by atoms with E-state index in [1.807, 2.05) is 0 Å². The molecular weight excluding hydrogens is 300 g/mol. The van der Waals surface area contributed by atoms with Gasteiger partial charge in [0, 0.05) is 44.5 Å². The monoisotopic (exact) mass is 332 g/mol. The maximum atomic E-state index is 12.5. The van der Waals surface area contributed by atoms with Crippen molar-refractivity contribution in [2.75, 3.05) is 39.8 Å². The summed E-state index contributed by atoms with van der Waals surface area (Å²) in [4.78, 5) is 17.5. The number of hydrogen-bond acceptors (Lipinski definition) is 3. The topological polar surface area (TPSA) is 40.5 Å². The Hall–Kier alpha value is -1.33. The van der Waals surface area contributed by atoms with E-state index in [9.17, 15) is 4.79 Å². The highest BCUT2D eigenvalue weighted by atomic mass is 16.1. The van der Waals surface area contributed by atoms with Crippen molar-refractivity contribution in [2.24, 2.45) is 13.0 Å². The summed E-state index contributed by atoms with van der Waals surface area (Å²) in [5.41, 5.74) is 1.27. The molecule has 0 bridgehead atoms. The highest BCUT2D eigenvalue weighted by Gasteiger charge is 2.30. The largest absolute Gasteiger partial charge is 0.355 e. The van der Waals surface area contributed by atoms with E-state index >= 15 is 0 Å². The summed E-state index contributed by atoms with van der Waals surface area (Å²) >= 11 is 0. The number of carbonyl (C=O) groups excluding carboxylic acids is 1. The van der Waals surface area contributed by atoms with Crippen LogP contribution in [0.5, 0.6) is 0 Å². The summed E-state index contributed by atoms with van der Waals surface area (Å²) in [5, 5.41) is 3.16. The van der Waals surface area contributed by atoms with Crippen molar-refractivity contribution in [1.29, 1.82) is 0 Å². The van der Waals surface area contributed by atoms with Gasteiger partial charge in [-0.1, -0.05) is 0 Å². The van der Waals surface area contributed by atoms with Crippen molar-refractivity contribution in [2.45, 2.75) is 38.1 Å². The third-order valence-electron chi connectivity index (χ3n) is 5.76. The molecule has 24 heavy (non-hydrogen) atoms. The molecular formula is C19H32N4O. The molecule has 1 N–H and O–H groups in total. The maximum absolute atomic E-state index is 12.5. The van der Waals surface area contributed by atoms with Crippen molar-refractivity contribution in [3.8, 4) is 0 Å². The van der Waals surface area contributed by atoms with Crippen LogP contribution in [-0.2, 0) is 18.3 Å². The first-order valence-electron chi connectivity index (χ1n) is 9.44. The second-order valence-electron chi connectivity index (χ2n) is 7.52. The van der Waals surface area contributed by atoms with Gasteiger partial charge in [-0.3, -0.25) is 9.69 Å². The predicted octanol–water partition coefficient (Wildman–Crippen LogP) is 1.49. The summed E-state index contributed by atoms with van der Waals surface area (Å²) in [7, 11) is 4.26. The molecule has 5 heteroatoms. The number of piperidine rings is 2. The number of hydrogen-bond donors (Lipinski definition) is 1. The highest BCUT2D eigenvalue weighted by molar-refractivity contribution is 5.78. The van der Waals surface area contributed by atoms with E-state index in [4.69, 9.17) is 0 Å². The zero-order valence-electron chi connectivity index (χ0n) is 15.2. The standard InChI is InChI=1S/C19H32N4O/c1-21-13-8-18(9-14-21)23-12-3-5-16(15-23)19(24)20-10-7-17-6-4-11-22(17)2/h4,6,11,16,18H,3,5,7-10,12-15H2,1-2H3,(H,20,24). The molecule has 1 atom stereocenters. The normalized spacial score (nSPS) is 24.2. The van der Waals surface area contributed by atoms with Crippen molar-refractivity contribution in [3.05, 3.63) is 24.0 Å². The molecule has 1 aromatic heterocycles. The Morgan fingerprint density at radius 2 is 2.00 bits per heavy atom. The molecule has 2 saturated heterocycles. The number of nitrogens with zero attached hydrogens (tertiary/aromatic N) is 3. The molecule has 134 valence electrons. The molecule has 0 radical (unpaired) electrons. The first-order valence-corrected chi connectivity index (χ1v) is 9.44. The SMILES string of the molecule is CN1CCC(N2CCCC(C(=O)NCCc3cccn3C)C2)CC1. The Bertz CT molecular complexity index is 533. The smallest absolute Gasteiger partial charge is 0.224 e. The Labute approximate surface area is 146 Å². The molecule has 3 rings (SSSR count). The van der Waals surface area contributed by atoms with E-state index in [2.05, 4.69) is 52.1 Å². The van der Waals surface area contributed by atoms with Crippen LogP contribution >= 0.6 is 0 Å². The molecule has 2 aliphatic rings. The second kappa shape index (κ2) is 8.17. The quantitative estimate of drug-likeness (QED) is 0.888. The van der Waals surface area contributed by atoms with Crippen LogP contribution in [0.3, 0.4) is 0 Å². The highest BCUT2D eigenvalue weighted by Crippen LogP contribution is 2.23. The van der Waals surface area contributed by atoms with Crippen molar-refractivity contribution in [1.82, 2.24) is 19.7 Å². The van der Waals surface area contributed by atoms with Gasteiger partial charge in [0.15, 0.2) is 0 Å². The fourth-order valence-electron chi connectivity index (χ4n) is 4.13. The molecule has 2 fully saturated rings. The average molecular weight is 332 g/mol. The van der Waals surface area contributed by atoms with Gasteiger partial charge in [0.25, 0.3) is 0 Å². The van der Waals surface area contributed by atoms with Gasteiger partial charge in [0.05, 0.1) is 5.92 Å². The van der Waals surface area contributed by atoms with Gasteiger partial charge >= 0.3 is 0 Å². The van der Waals surface area contributed by atoms with Gasteiger partial charge in [-0.2, -0.15) is 0 Å². The average Bonchev–Trinajstić information content (AvgIpc) is 3.01. The predicted molar refractivity (Wildman–Crippen MR) is 96.9 cm³/mol. The van der Waals surface area contributed by atoms with Crippen LogP contribution in [0.4, 0.5) is 0 Å². The molecule has 1 amide bonds.